The van der Waals surface area contributed by atoms with Crippen LogP contribution in [0.25, 0.3) is 16.6 Å². The molecule has 4 rings (SSSR count). The Hall–Kier alpha value is -3.42. The van der Waals surface area contributed by atoms with Crippen molar-refractivity contribution in [2.75, 3.05) is 7.11 Å². The molecule has 0 aliphatic heterocycles. The third-order valence-electron chi connectivity index (χ3n) is 3.58. The van der Waals surface area contributed by atoms with Gasteiger partial charge in [-0.2, -0.15) is 0 Å². The molecule has 0 atom stereocenters. The fourth-order valence-corrected chi connectivity index (χ4v) is 2.48. The van der Waals surface area contributed by atoms with E-state index in [0.29, 0.717) is 22.3 Å². The number of fused-ring (bicyclic) bond motifs is 2. The summed E-state index contributed by atoms with van der Waals surface area (Å²) in [7, 11) is 1.52. The van der Waals surface area contributed by atoms with Crippen molar-refractivity contribution in [3.8, 4) is 5.75 Å². The predicted octanol–water partition coefficient (Wildman–Crippen LogP) is 1.07. The lowest BCUT2D eigenvalue weighted by atomic mass is 10.2. The Labute approximate surface area is 129 Å². The van der Waals surface area contributed by atoms with Crippen LogP contribution in [-0.4, -0.2) is 37.2 Å². The van der Waals surface area contributed by atoms with E-state index in [-0.39, 0.29) is 17.2 Å². The van der Waals surface area contributed by atoms with Gasteiger partial charge in [-0.3, -0.25) is 19.3 Å². The first-order chi connectivity index (χ1) is 11.2. The Balaban J connectivity index is 1.99. The first-order valence-corrected chi connectivity index (χ1v) is 6.80. The minimum atomic E-state index is -0.330. The van der Waals surface area contributed by atoms with Crippen LogP contribution in [-0.2, 0) is 0 Å². The maximum atomic E-state index is 12.6. The molecular weight excluding hydrogens is 298 g/mol. The summed E-state index contributed by atoms with van der Waals surface area (Å²) in [4.78, 5) is 33.2. The fraction of sp³-hybridized carbons (Fsp3) is 0.0667. The first-order valence-electron chi connectivity index (χ1n) is 6.80. The van der Waals surface area contributed by atoms with Crippen LogP contribution in [0.4, 0.5) is 0 Å². The molecular formula is C15H11N5O3. The number of H-pyrrole nitrogens is 1. The van der Waals surface area contributed by atoms with E-state index in [9.17, 15) is 9.59 Å². The van der Waals surface area contributed by atoms with Crippen molar-refractivity contribution in [3.05, 3.63) is 59.0 Å². The molecule has 0 unspecified atom stereocenters. The van der Waals surface area contributed by atoms with Gasteiger partial charge >= 0.3 is 0 Å². The number of nitrogens with zero attached hydrogens (tertiary/aromatic N) is 4. The number of ether oxygens (including phenoxy) is 1. The van der Waals surface area contributed by atoms with Gasteiger partial charge in [-0.1, -0.05) is 6.07 Å². The molecule has 3 aromatic heterocycles. The largest absolute Gasteiger partial charge is 0.494 e. The van der Waals surface area contributed by atoms with Crippen molar-refractivity contribution in [3.63, 3.8) is 0 Å². The molecule has 23 heavy (non-hydrogen) atoms. The molecule has 0 aliphatic carbocycles. The van der Waals surface area contributed by atoms with E-state index in [1.807, 2.05) is 0 Å². The van der Waals surface area contributed by atoms with E-state index in [0.717, 1.165) is 0 Å². The number of carbonyl (C=O) groups excluding carboxylic acids is 1. The van der Waals surface area contributed by atoms with Crippen LogP contribution >= 0.6 is 0 Å². The van der Waals surface area contributed by atoms with Gasteiger partial charge in [0.2, 0.25) is 0 Å². The highest BCUT2D eigenvalue weighted by atomic mass is 16.5. The second kappa shape index (κ2) is 4.80. The van der Waals surface area contributed by atoms with Gasteiger partial charge in [0.25, 0.3) is 11.5 Å². The number of benzene rings is 1. The lowest BCUT2D eigenvalue weighted by Gasteiger charge is -2.04. The molecule has 4 aromatic rings. The van der Waals surface area contributed by atoms with Crippen molar-refractivity contribution in [1.82, 2.24) is 24.1 Å². The van der Waals surface area contributed by atoms with Crippen molar-refractivity contribution in [2.24, 2.45) is 0 Å². The van der Waals surface area contributed by atoms with Crippen LogP contribution in [0.15, 0.2) is 47.8 Å². The van der Waals surface area contributed by atoms with Gasteiger partial charge in [-0.05, 0) is 12.1 Å². The lowest BCUT2D eigenvalue weighted by Crippen LogP contribution is -2.17. The highest BCUT2D eigenvalue weighted by Crippen LogP contribution is 2.21. The minimum absolute atomic E-state index is 0.238. The van der Waals surface area contributed by atoms with Gasteiger partial charge in [0.05, 0.1) is 12.5 Å². The van der Waals surface area contributed by atoms with E-state index < -0.39 is 0 Å². The number of imidazole rings is 1. The number of aromatic nitrogens is 5. The molecule has 0 saturated carbocycles. The van der Waals surface area contributed by atoms with Crippen LogP contribution in [0.5, 0.6) is 5.75 Å². The summed E-state index contributed by atoms with van der Waals surface area (Å²) < 4.78 is 7.80. The van der Waals surface area contributed by atoms with E-state index >= 15 is 0 Å². The summed E-state index contributed by atoms with van der Waals surface area (Å²) in [6.07, 6.45) is 4.43. The average Bonchev–Trinajstić information content (AvgIpc) is 3.23. The molecule has 0 bridgehead atoms. The molecule has 0 radical (unpaired) electrons. The average molecular weight is 309 g/mol. The highest BCUT2D eigenvalue weighted by molar-refractivity contribution is 5.95. The van der Waals surface area contributed by atoms with Crippen molar-refractivity contribution in [2.45, 2.75) is 0 Å². The quantitative estimate of drug-likeness (QED) is 0.597. The number of nitrogens with one attached hydrogen (secondary N) is 1. The summed E-state index contributed by atoms with van der Waals surface area (Å²) in [5.41, 5.74) is 0.742. The van der Waals surface area contributed by atoms with Crippen LogP contribution in [0.2, 0.25) is 0 Å². The number of aromatic amines is 1. The van der Waals surface area contributed by atoms with Gasteiger partial charge in [-0.15, -0.1) is 0 Å². The topological polar surface area (TPSA) is 94.3 Å². The number of carbonyl (C=O) groups is 1. The maximum Gasteiger partial charge on any atom is 0.281 e. The highest BCUT2D eigenvalue weighted by Gasteiger charge is 2.15. The first kappa shape index (κ1) is 13.3. The summed E-state index contributed by atoms with van der Waals surface area (Å²) in [6, 6.07) is 6.64. The smallest absolute Gasteiger partial charge is 0.281 e. The zero-order chi connectivity index (χ0) is 16.0. The van der Waals surface area contributed by atoms with Gasteiger partial charge in [0, 0.05) is 18.5 Å². The van der Waals surface area contributed by atoms with Crippen LogP contribution in [0.3, 0.4) is 0 Å². The minimum Gasteiger partial charge on any atom is -0.494 e. The predicted molar refractivity (Wildman–Crippen MR) is 81.8 cm³/mol. The third-order valence-corrected chi connectivity index (χ3v) is 3.58. The van der Waals surface area contributed by atoms with Crippen LogP contribution in [0, 0.1) is 0 Å². The molecule has 0 saturated heterocycles. The number of methoxy groups -OCH3 is 1. The second-order valence-corrected chi connectivity index (χ2v) is 4.91. The monoisotopic (exact) mass is 309 g/mol. The van der Waals surface area contributed by atoms with E-state index in [4.69, 9.17) is 4.74 Å². The molecule has 114 valence electrons. The molecule has 1 N–H and O–H groups in total. The van der Waals surface area contributed by atoms with Crippen LogP contribution in [0.1, 0.15) is 10.5 Å². The van der Waals surface area contributed by atoms with Crippen molar-refractivity contribution < 1.29 is 9.53 Å². The lowest BCUT2D eigenvalue weighted by molar-refractivity contribution is 0.0954. The number of para-hydroxylation sites is 1. The summed E-state index contributed by atoms with van der Waals surface area (Å²) in [5.74, 6) is 0.175. The second-order valence-electron chi connectivity index (χ2n) is 4.91. The van der Waals surface area contributed by atoms with Gasteiger partial charge in [-0.25, -0.2) is 14.5 Å². The zero-order valence-corrected chi connectivity index (χ0v) is 12.1. The molecule has 8 nitrogen and oxygen atoms in total. The van der Waals surface area contributed by atoms with E-state index in [1.54, 1.807) is 18.2 Å². The van der Waals surface area contributed by atoms with Gasteiger partial charge in [0.1, 0.15) is 23.3 Å². The third kappa shape index (κ3) is 1.92. The Morgan fingerprint density at radius 1 is 1.35 bits per heavy atom. The molecule has 1 aromatic carbocycles. The van der Waals surface area contributed by atoms with Crippen molar-refractivity contribution >= 4 is 22.5 Å². The SMILES string of the molecule is COc1cccc2c(=O)n3[nH]c(C(=O)n4ccnc4)cc3nc12. The summed E-state index contributed by atoms with van der Waals surface area (Å²) >= 11 is 0. The standard InChI is InChI=1S/C15H11N5O3/c1-23-11-4-2-3-9-13(11)17-12-7-10(18-20(12)14(9)21)15(22)19-6-5-16-8-19/h2-8,18H,1H3. The number of hydrogen-bond acceptors (Lipinski definition) is 5. The molecule has 0 spiro atoms. The Morgan fingerprint density at radius 2 is 2.22 bits per heavy atom. The van der Waals surface area contributed by atoms with Gasteiger partial charge < -0.3 is 4.74 Å². The zero-order valence-electron chi connectivity index (χ0n) is 12.1. The van der Waals surface area contributed by atoms with E-state index in [2.05, 4.69) is 15.1 Å². The van der Waals surface area contributed by atoms with Gasteiger partial charge in [0.15, 0.2) is 5.65 Å². The Morgan fingerprint density at radius 3 is 2.96 bits per heavy atom. The number of rotatable bonds is 2. The fourth-order valence-electron chi connectivity index (χ4n) is 2.48. The van der Waals surface area contributed by atoms with Crippen LogP contribution < -0.4 is 10.3 Å². The van der Waals surface area contributed by atoms with E-state index in [1.165, 1.54) is 41.0 Å². The molecule has 0 amide bonds. The molecule has 3 heterocycles. The summed E-state index contributed by atoms with van der Waals surface area (Å²) in [5, 5.41) is 3.19. The normalized spacial score (nSPS) is 11.2. The Bertz CT molecular complexity index is 1090. The molecule has 8 heteroatoms. The van der Waals surface area contributed by atoms with Crippen molar-refractivity contribution in [1.29, 1.82) is 0 Å². The Kier molecular flexibility index (Phi) is 2.77. The molecule has 0 aliphatic rings. The summed E-state index contributed by atoms with van der Waals surface area (Å²) in [6.45, 7) is 0. The number of hydrogen-bond donors (Lipinski definition) is 1. The molecule has 0 fully saturated rings. The maximum absolute atomic E-state index is 12.6.